The van der Waals surface area contributed by atoms with Gasteiger partial charge in [0.1, 0.15) is 5.75 Å². The van der Waals surface area contributed by atoms with Crippen molar-refractivity contribution < 1.29 is 9.53 Å². The van der Waals surface area contributed by atoms with Gasteiger partial charge in [0, 0.05) is 15.6 Å². The first-order valence-corrected chi connectivity index (χ1v) is 7.19. The highest BCUT2D eigenvalue weighted by molar-refractivity contribution is 9.10. The first-order chi connectivity index (χ1) is 9.43. The fourth-order valence-corrected chi connectivity index (χ4v) is 3.04. The molecule has 0 radical (unpaired) electrons. The maximum atomic E-state index is 12.6. The minimum absolute atomic E-state index is 0.0192. The molecule has 104 valence electrons. The number of hydrogen-bond acceptors (Lipinski definition) is 2. The summed E-state index contributed by atoms with van der Waals surface area (Å²) in [5, 5.41) is 0. The van der Waals surface area contributed by atoms with Crippen molar-refractivity contribution >= 4 is 21.7 Å². The molecule has 0 aromatic heterocycles. The molecule has 0 aliphatic heterocycles. The summed E-state index contributed by atoms with van der Waals surface area (Å²) < 4.78 is 6.16. The van der Waals surface area contributed by atoms with Gasteiger partial charge in [0.15, 0.2) is 5.78 Å². The zero-order valence-electron chi connectivity index (χ0n) is 12.1. The lowest BCUT2D eigenvalue weighted by Crippen LogP contribution is -2.04. The van der Waals surface area contributed by atoms with Crippen molar-refractivity contribution in [3.8, 4) is 5.75 Å². The van der Waals surface area contributed by atoms with Crippen LogP contribution in [0.15, 0.2) is 34.8 Å². The predicted octanol–water partition coefficient (Wildman–Crippen LogP) is 4.61. The third-order valence-electron chi connectivity index (χ3n) is 3.30. The lowest BCUT2D eigenvalue weighted by atomic mass is 9.98. The lowest BCUT2D eigenvalue weighted by Gasteiger charge is -2.11. The first kappa shape index (κ1) is 14.8. The largest absolute Gasteiger partial charge is 0.496 e. The van der Waals surface area contributed by atoms with Crippen LogP contribution in [0.4, 0.5) is 0 Å². The normalized spacial score (nSPS) is 10.4. The molecule has 2 aromatic carbocycles. The zero-order valence-corrected chi connectivity index (χ0v) is 13.7. The van der Waals surface area contributed by atoms with Gasteiger partial charge in [-0.25, -0.2) is 0 Å². The Labute approximate surface area is 127 Å². The van der Waals surface area contributed by atoms with Crippen LogP contribution < -0.4 is 4.74 Å². The van der Waals surface area contributed by atoms with Gasteiger partial charge in [-0.15, -0.1) is 0 Å². The molecule has 0 aliphatic carbocycles. The standard InChI is InChI=1S/C17H17BrO2/c1-10-5-6-14(15(18)7-10)16(19)13-8-11(2)17(20-4)12(3)9-13/h5-9H,1-4H3. The zero-order chi connectivity index (χ0) is 14.9. The van der Waals surface area contributed by atoms with Crippen LogP contribution in [0.3, 0.4) is 0 Å². The van der Waals surface area contributed by atoms with Gasteiger partial charge in [-0.05, 0) is 61.7 Å². The first-order valence-electron chi connectivity index (χ1n) is 6.40. The number of aryl methyl sites for hydroxylation is 3. The number of carbonyl (C=O) groups excluding carboxylic acids is 1. The minimum Gasteiger partial charge on any atom is -0.496 e. The molecular formula is C17H17BrO2. The second-order valence-electron chi connectivity index (χ2n) is 4.96. The monoisotopic (exact) mass is 332 g/mol. The fraction of sp³-hybridized carbons (Fsp3) is 0.235. The Morgan fingerprint density at radius 2 is 1.65 bits per heavy atom. The smallest absolute Gasteiger partial charge is 0.194 e. The second kappa shape index (κ2) is 5.80. The fourth-order valence-electron chi connectivity index (χ4n) is 2.36. The SMILES string of the molecule is COc1c(C)cc(C(=O)c2ccc(C)cc2Br)cc1C. The molecule has 2 nitrogen and oxygen atoms in total. The third-order valence-corrected chi connectivity index (χ3v) is 3.95. The molecule has 0 fully saturated rings. The molecule has 0 saturated carbocycles. The van der Waals surface area contributed by atoms with E-state index in [1.54, 1.807) is 7.11 Å². The van der Waals surface area contributed by atoms with Crippen molar-refractivity contribution in [1.82, 2.24) is 0 Å². The number of benzene rings is 2. The maximum Gasteiger partial charge on any atom is 0.194 e. The molecule has 20 heavy (non-hydrogen) atoms. The number of ketones is 1. The van der Waals surface area contributed by atoms with Crippen LogP contribution in [-0.4, -0.2) is 12.9 Å². The van der Waals surface area contributed by atoms with Crippen molar-refractivity contribution in [1.29, 1.82) is 0 Å². The molecule has 0 amide bonds. The highest BCUT2D eigenvalue weighted by atomic mass is 79.9. The molecule has 0 atom stereocenters. The van der Waals surface area contributed by atoms with E-state index in [1.807, 2.05) is 51.1 Å². The Morgan fingerprint density at radius 3 is 2.15 bits per heavy atom. The summed E-state index contributed by atoms with van der Waals surface area (Å²) in [4.78, 5) is 12.6. The van der Waals surface area contributed by atoms with E-state index in [9.17, 15) is 4.79 Å². The van der Waals surface area contributed by atoms with Crippen LogP contribution in [-0.2, 0) is 0 Å². The van der Waals surface area contributed by atoms with Crippen LogP contribution in [0.2, 0.25) is 0 Å². The van der Waals surface area contributed by atoms with Gasteiger partial charge >= 0.3 is 0 Å². The Kier molecular flexibility index (Phi) is 4.29. The van der Waals surface area contributed by atoms with Gasteiger partial charge in [-0.1, -0.05) is 22.0 Å². The summed E-state index contributed by atoms with van der Waals surface area (Å²) in [7, 11) is 1.65. The Bertz CT molecular complexity index is 652. The maximum absolute atomic E-state index is 12.6. The van der Waals surface area contributed by atoms with Crippen LogP contribution in [0, 0.1) is 20.8 Å². The van der Waals surface area contributed by atoms with Gasteiger partial charge in [-0.3, -0.25) is 4.79 Å². The quantitative estimate of drug-likeness (QED) is 0.767. The average molecular weight is 333 g/mol. The number of halogens is 1. The predicted molar refractivity (Wildman–Crippen MR) is 84.8 cm³/mol. The molecule has 0 spiro atoms. The summed E-state index contributed by atoms with van der Waals surface area (Å²) in [5.74, 6) is 0.857. The van der Waals surface area contributed by atoms with Crippen molar-refractivity contribution in [3.63, 3.8) is 0 Å². The summed E-state index contributed by atoms with van der Waals surface area (Å²) in [5.41, 5.74) is 4.43. The number of methoxy groups -OCH3 is 1. The van der Waals surface area contributed by atoms with E-state index in [4.69, 9.17) is 4.74 Å². The molecule has 0 aliphatic rings. The Hall–Kier alpha value is -1.61. The van der Waals surface area contributed by atoms with Crippen LogP contribution in [0.5, 0.6) is 5.75 Å². The van der Waals surface area contributed by atoms with Crippen molar-refractivity contribution in [2.75, 3.05) is 7.11 Å². The van der Waals surface area contributed by atoms with E-state index in [0.717, 1.165) is 26.9 Å². The number of ether oxygens (including phenoxy) is 1. The van der Waals surface area contributed by atoms with Crippen molar-refractivity contribution in [3.05, 3.63) is 62.6 Å². The molecule has 0 N–H and O–H groups in total. The minimum atomic E-state index is 0.0192. The van der Waals surface area contributed by atoms with E-state index in [2.05, 4.69) is 15.9 Å². The average Bonchev–Trinajstić information content (AvgIpc) is 2.37. The van der Waals surface area contributed by atoms with Gasteiger partial charge in [-0.2, -0.15) is 0 Å². The molecule has 2 aromatic rings. The Balaban J connectivity index is 2.49. The van der Waals surface area contributed by atoms with E-state index in [0.29, 0.717) is 11.1 Å². The highest BCUT2D eigenvalue weighted by Crippen LogP contribution is 2.27. The van der Waals surface area contributed by atoms with Gasteiger partial charge in [0.25, 0.3) is 0 Å². The molecule has 0 heterocycles. The Morgan fingerprint density at radius 1 is 1.05 bits per heavy atom. The lowest BCUT2D eigenvalue weighted by molar-refractivity contribution is 0.103. The molecular weight excluding hydrogens is 316 g/mol. The summed E-state index contributed by atoms with van der Waals surface area (Å²) >= 11 is 3.46. The van der Waals surface area contributed by atoms with Crippen LogP contribution in [0.25, 0.3) is 0 Å². The van der Waals surface area contributed by atoms with E-state index in [1.165, 1.54) is 0 Å². The third kappa shape index (κ3) is 2.78. The van der Waals surface area contributed by atoms with Crippen molar-refractivity contribution in [2.24, 2.45) is 0 Å². The molecule has 0 saturated heterocycles. The summed E-state index contributed by atoms with van der Waals surface area (Å²) in [6, 6.07) is 9.51. The van der Waals surface area contributed by atoms with Gasteiger partial charge < -0.3 is 4.74 Å². The van der Waals surface area contributed by atoms with Gasteiger partial charge in [0.05, 0.1) is 7.11 Å². The number of rotatable bonds is 3. The second-order valence-corrected chi connectivity index (χ2v) is 5.81. The van der Waals surface area contributed by atoms with E-state index < -0.39 is 0 Å². The molecule has 0 bridgehead atoms. The highest BCUT2D eigenvalue weighted by Gasteiger charge is 2.15. The van der Waals surface area contributed by atoms with Crippen LogP contribution in [0.1, 0.15) is 32.6 Å². The molecule has 0 unspecified atom stereocenters. The van der Waals surface area contributed by atoms with E-state index >= 15 is 0 Å². The summed E-state index contributed by atoms with van der Waals surface area (Å²) in [6.45, 7) is 5.90. The molecule has 3 heteroatoms. The van der Waals surface area contributed by atoms with Crippen molar-refractivity contribution in [2.45, 2.75) is 20.8 Å². The van der Waals surface area contributed by atoms with E-state index in [-0.39, 0.29) is 5.78 Å². The van der Waals surface area contributed by atoms with Crippen LogP contribution >= 0.6 is 15.9 Å². The van der Waals surface area contributed by atoms with Gasteiger partial charge in [0.2, 0.25) is 0 Å². The molecule has 2 rings (SSSR count). The number of carbonyl (C=O) groups is 1. The number of hydrogen-bond donors (Lipinski definition) is 0. The topological polar surface area (TPSA) is 26.3 Å². The summed E-state index contributed by atoms with van der Waals surface area (Å²) in [6.07, 6.45) is 0.